The first-order chi connectivity index (χ1) is 8.05. The number of hydrogen-bond donors (Lipinski definition) is 1. The van der Waals surface area contributed by atoms with Crippen molar-refractivity contribution in [2.24, 2.45) is 5.92 Å². The third kappa shape index (κ3) is 2.61. The molecular weight excluding hydrogens is 236 g/mol. The van der Waals surface area contributed by atoms with E-state index in [1.54, 1.807) is 32.3 Å². The quantitative estimate of drug-likeness (QED) is 0.871. The molecule has 0 radical (unpaired) electrons. The summed E-state index contributed by atoms with van der Waals surface area (Å²) in [5.41, 5.74) is 0.648. The summed E-state index contributed by atoms with van der Waals surface area (Å²) < 4.78 is 26.2. The summed E-state index contributed by atoms with van der Waals surface area (Å²) in [4.78, 5) is 0.352. The van der Waals surface area contributed by atoms with Gasteiger partial charge in [0.25, 0.3) is 0 Å². The van der Waals surface area contributed by atoms with Gasteiger partial charge in [-0.2, -0.15) is 0 Å². The van der Waals surface area contributed by atoms with Gasteiger partial charge in [0.05, 0.1) is 5.69 Å². The smallest absolute Gasteiger partial charge is 0.244 e. The standard InChI is InChI=1S/C12H18N2O2S/c1-13-11-5-3-4-6-12(11)17(15,16)14(2)9-10-7-8-10/h3-6,10,13H,7-9H2,1-2H3. The number of rotatable bonds is 5. The van der Waals surface area contributed by atoms with E-state index in [1.165, 1.54) is 4.31 Å². The SMILES string of the molecule is CNc1ccccc1S(=O)(=O)N(C)CC1CC1. The minimum absolute atomic E-state index is 0.352. The van der Waals surface area contributed by atoms with E-state index in [4.69, 9.17) is 0 Å². The number of benzene rings is 1. The van der Waals surface area contributed by atoms with E-state index in [9.17, 15) is 8.42 Å². The Bertz CT molecular complexity index is 495. The number of sulfonamides is 1. The third-order valence-electron chi connectivity index (χ3n) is 3.06. The zero-order valence-electron chi connectivity index (χ0n) is 10.2. The van der Waals surface area contributed by atoms with Crippen molar-refractivity contribution in [1.82, 2.24) is 4.31 Å². The van der Waals surface area contributed by atoms with Gasteiger partial charge in [-0.15, -0.1) is 0 Å². The van der Waals surface area contributed by atoms with Gasteiger partial charge in [-0.3, -0.25) is 0 Å². The average molecular weight is 254 g/mol. The lowest BCUT2D eigenvalue weighted by atomic mass is 10.3. The highest BCUT2D eigenvalue weighted by Gasteiger charge is 2.30. The molecule has 4 nitrogen and oxygen atoms in total. The second-order valence-corrected chi connectivity index (χ2v) is 6.49. The molecule has 0 heterocycles. The largest absolute Gasteiger partial charge is 0.387 e. The zero-order chi connectivity index (χ0) is 12.5. The predicted octanol–water partition coefficient (Wildman–Crippen LogP) is 1.76. The summed E-state index contributed by atoms with van der Waals surface area (Å²) in [6, 6.07) is 6.99. The van der Waals surface area contributed by atoms with Crippen LogP contribution in [0.25, 0.3) is 0 Å². The fourth-order valence-corrected chi connectivity index (χ4v) is 3.27. The lowest BCUT2D eigenvalue weighted by Gasteiger charge is -2.18. The van der Waals surface area contributed by atoms with E-state index < -0.39 is 10.0 Å². The highest BCUT2D eigenvalue weighted by Crippen LogP contribution is 2.32. The topological polar surface area (TPSA) is 49.4 Å². The van der Waals surface area contributed by atoms with Crippen LogP contribution in [0.2, 0.25) is 0 Å². The van der Waals surface area contributed by atoms with Gasteiger partial charge in [-0.25, -0.2) is 12.7 Å². The molecule has 5 heteroatoms. The average Bonchev–Trinajstić information content (AvgIpc) is 3.12. The van der Waals surface area contributed by atoms with Gasteiger partial charge in [-0.05, 0) is 30.9 Å². The van der Waals surface area contributed by atoms with Gasteiger partial charge in [0.2, 0.25) is 10.0 Å². The molecule has 0 bridgehead atoms. The Morgan fingerprint density at radius 1 is 1.35 bits per heavy atom. The summed E-state index contributed by atoms with van der Waals surface area (Å²) >= 11 is 0. The molecular formula is C12H18N2O2S. The van der Waals surface area contributed by atoms with Crippen molar-refractivity contribution in [1.29, 1.82) is 0 Å². The number of nitrogens with one attached hydrogen (secondary N) is 1. The van der Waals surface area contributed by atoms with Crippen LogP contribution in [0.4, 0.5) is 5.69 Å². The van der Waals surface area contributed by atoms with E-state index in [2.05, 4.69) is 5.32 Å². The van der Waals surface area contributed by atoms with Crippen molar-refractivity contribution in [2.75, 3.05) is 26.0 Å². The second-order valence-electron chi connectivity index (χ2n) is 4.48. The van der Waals surface area contributed by atoms with Gasteiger partial charge >= 0.3 is 0 Å². The monoisotopic (exact) mass is 254 g/mol. The first-order valence-electron chi connectivity index (χ1n) is 5.79. The molecule has 0 amide bonds. The summed E-state index contributed by atoms with van der Waals surface area (Å²) in [5.74, 6) is 0.552. The first-order valence-corrected chi connectivity index (χ1v) is 7.23. The van der Waals surface area contributed by atoms with Crippen LogP contribution >= 0.6 is 0 Å². The summed E-state index contributed by atoms with van der Waals surface area (Å²) in [5, 5.41) is 2.92. The highest BCUT2D eigenvalue weighted by atomic mass is 32.2. The van der Waals surface area contributed by atoms with Crippen LogP contribution in [0, 0.1) is 5.92 Å². The van der Waals surface area contributed by atoms with E-state index >= 15 is 0 Å². The number of para-hydroxylation sites is 1. The summed E-state index contributed by atoms with van der Waals surface area (Å²) in [6.45, 7) is 0.625. The molecule has 94 valence electrons. The number of hydrogen-bond acceptors (Lipinski definition) is 3. The number of nitrogens with zero attached hydrogens (tertiary/aromatic N) is 1. The van der Waals surface area contributed by atoms with Crippen LogP contribution in [0.15, 0.2) is 29.2 Å². The van der Waals surface area contributed by atoms with Crippen molar-refractivity contribution < 1.29 is 8.42 Å². The predicted molar refractivity (Wildman–Crippen MR) is 68.5 cm³/mol. The molecule has 1 aromatic carbocycles. The minimum Gasteiger partial charge on any atom is -0.387 e. The van der Waals surface area contributed by atoms with E-state index in [0.29, 0.717) is 23.0 Å². The van der Waals surface area contributed by atoms with E-state index in [1.807, 2.05) is 6.07 Å². The molecule has 17 heavy (non-hydrogen) atoms. The summed E-state index contributed by atoms with van der Waals surface area (Å²) in [6.07, 6.45) is 2.29. The molecule has 0 spiro atoms. The van der Waals surface area contributed by atoms with Crippen molar-refractivity contribution in [3.8, 4) is 0 Å². The number of anilines is 1. The lowest BCUT2D eigenvalue weighted by Crippen LogP contribution is -2.29. The molecule has 1 aliphatic rings. The van der Waals surface area contributed by atoms with Crippen LogP contribution in [0.5, 0.6) is 0 Å². The van der Waals surface area contributed by atoms with Crippen LogP contribution in [-0.2, 0) is 10.0 Å². The Balaban J connectivity index is 2.29. The Hall–Kier alpha value is -1.07. The Kier molecular flexibility index (Phi) is 3.40. The first kappa shape index (κ1) is 12.4. The Morgan fingerprint density at radius 3 is 2.59 bits per heavy atom. The van der Waals surface area contributed by atoms with Gasteiger partial charge < -0.3 is 5.32 Å². The van der Waals surface area contributed by atoms with Gasteiger partial charge in [0, 0.05) is 20.6 Å². The van der Waals surface area contributed by atoms with Crippen molar-refractivity contribution in [3.05, 3.63) is 24.3 Å². The van der Waals surface area contributed by atoms with Gasteiger partial charge in [0.1, 0.15) is 4.90 Å². The third-order valence-corrected chi connectivity index (χ3v) is 4.94. The molecule has 1 saturated carbocycles. The van der Waals surface area contributed by atoms with Crippen LogP contribution in [0.1, 0.15) is 12.8 Å². The van der Waals surface area contributed by atoms with Crippen LogP contribution in [-0.4, -0.2) is 33.4 Å². The van der Waals surface area contributed by atoms with E-state index in [-0.39, 0.29) is 0 Å². The molecule has 2 rings (SSSR count). The maximum absolute atomic E-state index is 12.4. The minimum atomic E-state index is -3.37. The molecule has 0 saturated heterocycles. The van der Waals surface area contributed by atoms with Gasteiger partial charge in [0.15, 0.2) is 0 Å². The van der Waals surface area contributed by atoms with Crippen molar-refractivity contribution in [3.63, 3.8) is 0 Å². The molecule has 0 atom stereocenters. The normalized spacial score (nSPS) is 16.2. The van der Waals surface area contributed by atoms with Crippen molar-refractivity contribution >= 4 is 15.7 Å². The summed E-state index contributed by atoms with van der Waals surface area (Å²) in [7, 11) is 0.0183. The zero-order valence-corrected chi connectivity index (χ0v) is 11.0. The maximum atomic E-state index is 12.4. The Labute approximate surface area is 103 Å². The van der Waals surface area contributed by atoms with Crippen LogP contribution in [0.3, 0.4) is 0 Å². The van der Waals surface area contributed by atoms with Gasteiger partial charge in [-0.1, -0.05) is 12.1 Å². The fraction of sp³-hybridized carbons (Fsp3) is 0.500. The Morgan fingerprint density at radius 2 is 2.00 bits per heavy atom. The lowest BCUT2D eigenvalue weighted by molar-refractivity contribution is 0.453. The maximum Gasteiger partial charge on any atom is 0.244 e. The van der Waals surface area contributed by atoms with Crippen molar-refractivity contribution in [2.45, 2.75) is 17.7 Å². The highest BCUT2D eigenvalue weighted by molar-refractivity contribution is 7.89. The molecule has 1 aromatic rings. The second kappa shape index (κ2) is 4.66. The van der Waals surface area contributed by atoms with Crippen LogP contribution < -0.4 is 5.32 Å². The fourth-order valence-electron chi connectivity index (χ4n) is 1.83. The molecule has 1 N–H and O–H groups in total. The van der Waals surface area contributed by atoms with E-state index in [0.717, 1.165) is 12.8 Å². The molecule has 0 aliphatic heterocycles. The molecule has 1 fully saturated rings. The molecule has 0 unspecified atom stereocenters. The molecule has 1 aliphatic carbocycles. The molecule has 0 aromatic heterocycles.